The Hall–Kier alpha value is -2.61. The average Bonchev–Trinajstić information content (AvgIpc) is 3.22. The molecule has 8 heteroatoms. The third-order valence-corrected chi connectivity index (χ3v) is 4.06. The first-order valence-corrected chi connectivity index (χ1v) is 7.32. The van der Waals surface area contributed by atoms with Crippen molar-refractivity contribution in [3.63, 3.8) is 0 Å². The van der Waals surface area contributed by atoms with Gasteiger partial charge in [-0.3, -0.25) is 9.67 Å². The molecule has 0 aliphatic heterocycles. The summed E-state index contributed by atoms with van der Waals surface area (Å²) in [5.74, 6) is 0.698. The van der Waals surface area contributed by atoms with Crippen LogP contribution in [0.5, 0.6) is 0 Å². The molecule has 21 heavy (non-hydrogen) atoms. The fourth-order valence-electron chi connectivity index (χ4n) is 2.06. The quantitative estimate of drug-likeness (QED) is 0.579. The Labute approximate surface area is 123 Å². The van der Waals surface area contributed by atoms with Gasteiger partial charge in [0.1, 0.15) is 0 Å². The maximum absolute atomic E-state index is 4.60. The van der Waals surface area contributed by atoms with E-state index in [9.17, 15) is 0 Å². The highest BCUT2D eigenvalue weighted by Gasteiger charge is 2.15. The van der Waals surface area contributed by atoms with Crippen LogP contribution in [0.15, 0.2) is 36.9 Å². The zero-order valence-electron chi connectivity index (χ0n) is 11.2. The van der Waals surface area contributed by atoms with Crippen molar-refractivity contribution in [2.24, 2.45) is 0 Å². The van der Waals surface area contributed by atoms with Gasteiger partial charge in [-0.15, -0.1) is 10.2 Å². The zero-order valence-corrected chi connectivity index (χ0v) is 12.0. The molecular formula is C13H11N7S. The van der Waals surface area contributed by atoms with Gasteiger partial charge in [-0.1, -0.05) is 11.3 Å². The highest BCUT2D eigenvalue weighted by atomic mass is 32.1. The molecule has 4 aromatic heterocycles. The number of pyridine rings is 1. The van der Waals surface area contributed by atoms with Crippen LogP contribution in [0.4, 0.5) is 0 Å². The van der Waals surface area contributed by atoms with E-state index in [-0.39, 0.29) is 0 Å². The molecule has 0 bridgehead atoms. The van der Waals surface area contributed by atoms with Crippen molar-refractivity contribution in [1.29, 1.82) is 0 Å². The monoisotopic (exact) mass is 297 g/mol. The standard InChI is InChI=1S/C13H11N7S/c1-2-19-8-10(7-15-19)12-18-20-11(16-17-13(20)21-12)9-4-3-5-14-6-9/h3-8H,2H2,1H3. The smallest absolute Gasteiger partial charge is 0.235 e. The van der Waals surface area contributed by atoms with Gasteiger partial charge in [-0.2, -0.15) is 14.7 Å². The summed E-state index contributed by atoms with van der Waals surface area (Å²) in [5.41, 5.74) is 1.88. The lowest BCUT2D eigenvalue weighted by atomic mass is 10.3. The van der Waals surface area contributed by atoms with E-state index < -0.39 is 0 Å². The number of rotatable bonds is 3. The van der Waals surface area contributed by atoms with E-state index in [1.807, 2.05) is 29.2 Å². The SMILES string of the molecule is CCn1cc(-c2nn3c(-c4cccnc4)nnc3s2)cn1. The average molecular weight is 297 g/mol. The van der Waals surface area contributed by atoms with E-state index in [1.165, 1.54) is 11.3 Å². The van der Waals surface area contributed by atoms with Crippen LogP contribution in [0.1, 0.15) is 6.92 Å². The van der Waals surface area contributed by atoms with Gasteiger partial charge in [0.2, 0.25) is 4.96 Å². The lowest BCUT2D eigenvalue weighted by Crippen LogP contribution is -1.92. The molecule has 0 N–H and O–H groups in total. The van der Waals surface area contributed by atoms with Gasteiger partial charge in [0, 0.05) is 30.7 Å². The molecular weight excluding hydrogens is 286 g/mol. The van der Waals surface area contributed by atoms with Gasteiger partial charge in [0.25, 0.3) is 0 Å². The summed E-state index contributed by atoms with van der Waals surface area (Å²) in [4.78, 5) is 4.87. The summed E-state index contributed by atoms with van der Waals surface area (Å²) < 4.78 is 3.63. The molecule has 0 unspecified atom stereocenters. The van der Waals surface area contributed by atoms with E-state index in [0.717, 1.165) is 27.6 Å². The van der Waals surface area contributed by atoms with Crippen molar-refractivity contribution in [3.8, 4) is 22.0 Å². The first kappa shape index (κ1) is 12.2. The third kappa shape index (κ3) is 2.00. The van der Waals surface area contributed by atoms with E-state index in [1.54, 1.807) is 16.9 Å². The number of nitrogens with zero attached hydrogens (tertiary/aromatic N) is 7. The topological polar surface area (TPSA) is 73.8 Å². The number of hydrogen-bond acceptors (Lipinski definition) is 6. The van der Waals surface area contributed by atoms with Crippen LogP contribution in [0.3, 0.4) is 0 Å². The molecule has 0 atom stereocenters. The largest absolute Gasteiger partial charge is 0.272 e. The van der Waals surface area contributed by atoms with Gasteiger partial charge in [0.05, 0.1) is 11.8 Å². The number of fused-ring (bicyclic) bond motifs is 1. The minimum Gasteiger partial charge on any atom is -0.272 e. The predicted octanol–water partition coefficient (Wildman–Crippen LogP) is 2.13. The Morgan fingerprint density at radius 3 is 2.90 bits per heavy atom. The first-order valence-electron chi connectivity index (χ1n) is 6.50. The van der Waals surface area contributed by atoms with E-state index in [2.05, 4.69) is 32.3 Å². The second kappa shape index (κ2) is 4.74. The lowest BCUT2D eigenvalue weighted by molar-refractivity contribution is 0.660. The van der Waals surface area contributed by atoms with Gasteiger partial charge in [-0.05, 0) is 19.1 Å². The molecule has 0 aromatic carbocycles. The summed E-state index contributed by atoms with van der Waals surface area (Å²) in [6.07, 6.45) is 7.28. The summed E-state index contributed by atoms with van der Waals surface area (Å²) in [6.45, 7) is 2.89. The lowest BCUT2D eigenvalue weighted by Gasteiger charge is -1.94. The number of hydrogen-bond donors (Lipinski definition) is 0. The molecule has 4 aromatic rings. The normalized spacial score (nSPS) is 11.3. The Kier molecular flexibility index (Phi) is 2.74. The van der Waals surface area contributed by atoms with Crippen molar-refractivity contribution in [2.75, 3.05) is 0 Å². The number of aryl methyl sites for hydroxylation is 1. The maximum atomic E-state index is 4.60. The van der Waals surface area contributed by atoms with Gasteiger partial charge in [0.15, 0.2) is 10.8 Å². The minimum absolute atomic E-state index is 0.698. The highest BCUT2D eigenvalue weighted by Crippen LogP contribution is 2.27. The Morgan fingerprint density at radius 1 is 1.19 bits per heavy atom. The van der Waals surface area contributed by atoms with Crippen LogP contribution in [-0.2, 0) is 6.54 Å². The van der Waals surface area contributed by atoms with Crippen LogP contribution < -0.4 is 0 Å². The number of aromatic nitrogens is 7. The molecule has 0 saturated heterocycles. The van der Waals surface area contributed by atoms with Gasteiger partial charge < -0.3 is 0 Å². The molecule has 0 aliphatic carbocycles. The first-order chi connectivity index (χ1) is 10.3. The molecule has 7 nitrogen and oxygen atoms in total. The third-order valence-electron chi connectivity index (χ3n) is 3.11. The van der Waals surface area contributed by atoms with Crippen LogP contribution >= 0.6 is 11.3 Å². The molecule has 0 amide bonds. The minimum atomic E-state index is 0.698. The van der Waals surface area contributed by atoms with Crippen molar-refractivity contribution >= 4 is 16.3 Å². The summed E-state index contributed by atoms with van der Waals surface area (Å²) in [6, 6.07) is 3.81. The van der Waals surface area contributed by atoms with E-state index in [4.69, 9.17) is 0 Å². The summed E-state index contributed by atoms with van der Waals surface area (Å²) in [7, 11) is 0. The van der Waals surface area contributed by atoms with Crippen molar-refractivity contribution in [1.82, 2.24) is 34.6 Å². The van der Waals surface area contributed by atoms with E-state index >= 15 is 0 Å². The van der Waals surface area contributed by atoms with Crippen LogP contribution in [0.2, 0.25) is 0 Å². The second-order valence-corrected chi connectivity index (χ2v) is 5.41. The highest BCUT2D eigenvalue weighted by molar-refractivity contribution is 7.19. The fraction of sp³-hybridized carbons (Fsp3) is 0.154. The molecule has 4 rings (SSSR count). The molecule has 0 spiro atoms. The maximum Gasteiger partial charge on any atom is 0.235 e. The zero-order chi connectivity index (χ0) is 14.2. The predicted molar refractivity (Wildman–Crippen MR) is 78.8 cm³/mol. The van der Waals surface area contributed by atoms with Crippen LogP contribution in [0, 0.1) is 0 Å². The van der Waals surface area contributed by atoms with Crippen LogP contribution in [0.25, 0.3) is 26.9 Å². The van der Waals surface area contributed by atoms with Gasteiger partial charge >= 0.3 is 0 Å². The summed E-state index contributed by atoms with van der Waals surface area (Å²) >= 11 is 1.49. The van der Waals surface area contributed by atoms with Crippen molar-refractivity contribution < 1.29 is 0 Å². The molecule has 0 saturated carbocycles. The molecule has 104 valence electrons. The van der Waals surface area contributed by atoms with Gasteiger partial charge in [-0.25, -0.2) is 0 Å². The molecule has 0 fully saturated rings. The van der Waals surface area contributed by atoms with Crippen molar-refractivity contribution in [2.45, 2.75) is 13.5 Å². The van der Waals surface area contributed by atoms with Crippen LogP contribution in [-0.4, -0.2) is 34.6 Å². The Balaban J connectivity index is 1.82. The van der Waals surface area contributed by atoms with Crippen molar-refractivity contribution in [3.05, 3.63) is 36.9 Å². The van der Waals surface area contributed by atoms with E-state index in [0.29, 0.717) is 5.82 Å². The Morgan fingerprint density at radius 2 is 2.14 bits per heavy atom. The molecule has 4 heterocycles. The second-order valence-electron chi connectivity index (χ2n) is 4.45. The Bertz CT molecular complexity index is 890. The molecule has 0 radical (unpaired) electrons. The summed E-state index contributed by atoms with van der Waals surface area (Å²) in [5, 5.41) is 18.1. The molecule has 0 aliphatic rings. The fourth-order valence-corrected chi connectivity index (χ4v) is 2.87.